The zero-order chi connectivity index (χ0) is 18.1. The Morgan fingerprint density at radius 2 is 1.33 bits per heavy atom. The third-order valence-electron chi connectivity index (χ3n) is 2.95. The molecule has 0 aliphatic rings. The minimum Gasteiger partial charge on any atom is -0.699 e. The molecule has 24 heavy (non-hydrogen) atoms. The molecule has 0 heterocycles. The van der Waals surface area contributed by atoms with Gasteiger partial charge in [-0.2, -0.15) is 31.5 Å². The Hall–Kier alpha value is -2.62. The van der Waals surface area contributed by atoms with Crippen molar-refractivity contribution >= 4 is 11.4 Å². The van der Waals surface area contributed by atoms with Crippen LogP contribution in [0.4, 0.5) is 37.7 Å². The first-order valence-corrected chi connectivity index (χ1v) is 6.29. The Morgan fingerprint density at radius 3 is 1.88 bits per heavy atom. The lowest BCUT2D eigenvalue weighted by Crippen LogP contribution is -2.24. The van der Waals surface area contributed by atoms with Gasteiger partial charge in [0.05, 0.1) is 21.7 Å². The van der Waals surface area contributed by atoms with E-state index < -0.39 is 44.9 Å². The van der Waals surface area contributed by atoms with Gasteiger partial charge < -0.3 is 5.21 Å². The van der Waals surface area contributed by atoms with Crippen LogP contribution in [0.1, 0.15) is 11.1 Å². The summed E-state index contributed by atoms with van der Waals surface area (Å²) in [5, 5.41) is 11.4. The molecule has 0 bridgehead atoms. The van der Waals surface area contributed by atoms with Crippen LogP contribution in [0.3, 0.4) is 0 Å². The Morgan fingerprint density at radius 1 is 0.833 bits per heavy atom. The number of hydrogen-bond acceptors (Lipinski definition) is 2. The van der Waals surface area contributed by atoms with Crippen molar-refractivity contribution in [3.63, 3.8) is 0 Å². The molecule has 0 spiro atoms. The summed E-state index contributed by atoms with van der Waals surface area (Å²) in [6.07, 6.45) is -9.47. The number of nitrogens with zero attached hydrogens (tertiary/aromatic N) is 2. The van der Waals surface area contributed by atoms with E-state index in [4.69, 9.17) is 0 Å². The molecule has 4 nitrogen and oxygen atoms in total. The minimum absolute atomic E-state index is 0.422. The summed E-state index contributed by atoms with van der Waals surface area (Å²) >= 11 is 0. The fourth-order valence-electron chi connectivity index (χ4n) is 1.81. The van der Waals surface area contributed by atoms with Gasteiger partial charge in [0.25, 0.3) is 5.69 Å². The summed E-state index contributed by atoms with van der Waals surface area (Å²) in [5.74, 6) is 0. The Kier molecular flexibility index (Phi) is 4.52. The molecular weight excluding hydrogens is 342 g/mol. The molecule has 0 N–H and O–H groups in total. The molecule has 0 aliphatic heterocycles. The van der Waals surface area contributed by atoms with E-state index in [1.54, 1.807) is 0 Å². The number of hydrogen-bond donors (Lipinski definition) is 0. The van der Waals surface area contributed by atoms with E-state index in [2.05, 4.69) is 0 Å². The van der Waals surface area contributed by atoms with E-state index in [0.717, 1.165) is 24.3 Å². The van der Waals surface area contributed by atoms with Crippen LogP contribution in [0.15, 0.2) is 48.5 Å². The lowest BCUT2D eigenvalue weighted by Gasteiger charge is -2.19. The summed E-state index contributed by atoms with van der Waals surface area (Å²) in [6, 6.07) is 5.90. The Labute approximate surface area is 131 Å². The van der Waals surface area contributed by atoms with Crippen molar-refractivity contribution in [3.05, 3.63) is 69.8 Å². The highest BCUT2D eigenvalue weighted by Crippen LogP contribution is 2.34. The SMILES string of the molecule is O=[N+](c1cccc(C(F)(F)F)c1)N([O-])c1cccc(C(F)(F)F)c1. The summed E-state index contributed by atoms with van der Waals surface area (Å²) in [5.41, 5.74) is -3.67. The number of anilines is 1. The summed E-state index contributed by atoms with van der Waals surface area (Å²) in [6.45, 7) is 0. The van der Waals surface area contributed by atoms with Crippen molar-refractivity contribution < 1.29 is 31.2 Å². The number of halogens is 6. The molecule has 0 aliphatic carbocycles. The average molecular weight is 350 g/mol. The highest BCUT2D eigenvalue weighted by molar-refractivity contribution is 5.48. The fraction of sp³-hybridized carbons (Fsp3) is 0.143. The van der Waals surface area contributed by atoms with Crippen LogP contribution < -0.4 is 5.17 Å². The van der Waals surface area contributed by atoms with Gasteiger partial charge in [0.15, 0.2) is 4.87 Å². The summed E-state index contributed by atoms with van der Waals surface area (Å²) in [4.78, 5) is 11.4. The third-order valence-corrected chi connectivity index (χ3v) is 2.95. The maximum atomic E-state index is 12.6. The van der Waals surface area contributed by atoms with Gasteiger partial charge >= 0.3 is 12.4 Å². The first kappa shape index (κ1) is 17.7. The van der Waals surface area contributed by atoms with Crippen LogP contribution in [-0.2, 0) is 12.4 Å². The lowest BCUT2D eigenvalue weighted by molar-refractivity contribution is -0.468. The molecule has 2 aromatic carbocycles. The molecule has 128 valence electrons. The van der Waals surface area contributed by atoms with Gasteiger partial charge in [0.1, 0.15) is 0 Å². The summed E-state index contributed by atoms with van der Waals surface area (Å²) < 4.78 is 75.6. The van der Waals surface area contributed by atoms with Crippen molar-refractivity contribution in [1.29, 1.82) is 0 Å². The van der Waals surface area contributed by atoms with Gasteiger partial charge in [-0.15, -0.1) is 0 Å². The summed E-state index contributed by atoms with van der Waals surface area (Å²) in [7, 11) is 0. The normalized spacial score (nSPS) is 12.1. The van der Waals surface area contributed by atoms with Crippen molar-refractivity contribution in [2.75, 3.05) is 5.17 Å². The smallest absolute Gasteiger partial charge is 0.416 e. The number of nitroso groups, excluding NO2 is 1. The molecule has 0 fully saturated rings. The Bertz CT molecular complexity index is 757. The quantitative estimate of drug-likeness (QED) is 0.442. The second kappa shape index (κ2) is 6.11. The van der Waals surface area contributed by atoms with Gasteiger partial charge in [0, 0.05) is 12.1 Å². The second-order valence-corrected chi connectivity index (χ2v) is 4.64. The predicted octanol–water partition coefficient (Wildman–Crippen LogP) is 5.05. The molecule has 0 saturated carbocycles. The van der Waals surface area contributed by atoms with Crippen LogP contribution in [0.25, 0.3) is 0 Å². The van der Waals surface area contributed by atoms with Gasteiger partial charge in [-0.1, -0.05) is 12.1 Å². The van der Waals surface area contributed by atoms with Crippen molar-refractivity contribution in [2.45, 2.75) is 12.4 Å². The fourth-order valence-corrected chi connectivity index (χ4v) is 1.81. The van der Waals surface area contributed by atoms with E-state index in [1.807, 2.05) is 0 Å². The highest BCUT2D eigenvalue weighted by atomic mass is 19.4. The van der Waals surface area contributed by atoms with Gasteiger partial charge in [-0.25, -0.2) is 0 Å². The first-order chi connectivity index (χ1) is 11.0. The monoisotopic (exact) mass is 350 g/mol. The van der Waals surface area contributed by atoms with Crippen LogP contribution in [0.5, 0.6) is 0 Å². The van der Waals surface area contributed by atoms with Crippen LogP contribution >= 0.6 is 0 Å². The average Bonchev–Trinajstić information content (AvgIpc) is 2.52. The standard InChI is InChI=1S/C14H8F6N2O2/c15-13(16,17)9-3-1-5-11(7-9)21(23)22(24)12-6-2-4-10(8-12)14(18,19)20/h1-8H. The van der Waals surface area contributed by atoms with E-state index in [0.29, 0.717) is 24.3 Å². The zero-order valence-corrected chi connectivity index (χ0v) is 11.6. The van der Waals surface area contributed by atoms with E-state index in [1.165, 1.54) is 0 Å². The van der Waals surface area contributed by atoms with Gasteiger partial charge in [-0.3, -0.25) is 0 Å². The van der Waals surface area contributed by atoms with Crippen molar-refractivity contribution in [1.82, 2.24) is 0 Å². The zero-order valence-electron chi connectivity index (χ0n) is 11.6. The van der Waals surface area contributed by atoms with Gasteiger partial charge in [-0.05, 0) is 24.3 Å². The maximum Gasteiger partial charge on any atom is 0.416 e. The predicted molar refractivity (Wildman–Crippen MR) is 72.0 cm³/mol. The van der Waals surface area contributed by atoms with E-state index in [-0.39, 0.29) is 0 Å². The molecule has 0 radical (unpaired) electrons. The lowest BCUT2D eigenvalue weighted by atomic mass is 10.2. The molecule has 0 atom stereocenters. The van der Waals surface area contributed by atoms with Crippen LogP contribution in [0, 0.1) is 10.1 Å². The van der Waals surface area contributed by atoms with Crippen molar-refractivity contribution in [2.24, 2.45) is 0 Å². The maximum absolute atomic E-state index is 12.6. The van der Waals surface area contributed by atoms with Crippen LogP contribution in [0.2, 0.25) is 0 Å². The van der Waals surface area contributed by atoms with E-state index in [9.17, 15) is 36.5 Å². The number of benzene rings is 2. The number of rotatable bonds is 3. The molecule has 0 amide bonds. The molecular formula is C14H8F6N2O2. The molecule has 0 aromatic heterocycles. The van der Waals surface area contributed by atoms with Gasteiger partial charge in [0.2, 0.25) is 0 Å². The first-order valence-electron chi connectivity index (χ1n) is 6.29. The molecule has 0 unspecified atom stereocenters. The molecule has 0 saturated heterocycles. The molecule has 10 heteroatoms. The van der Waals surface area contributed by atoms with Crippen molar-refractivity contribution in [3.8, 4) is 0 Å². The molecule has 2 rings (SSSR count). The molecule has 2 aromatic rings. The topological polar surface area (TPSA) is 46.4 Å². The van der Waals surface area contributed by atoms with E-state index >= 15 is 0 Å². The number of hydrazine groups is 1. The largest absolute Gasteiger partial charge is 0.699 e. The minimum atomic E-state index is -4.74. The van der Waals surface area contributed by atoms with Crippen LogP contribution in [-0.4, -0.2) is 4.87 Å². The highest BCUT2D eigenvalue weighted by Gasteiger charge is 2.34. The second-order valence-electron chi connectivity index (χ2n) is 4.64. The number of alkyl halides is 6. The Balaban J connectivity index is 2.34. The third kappa shape index (κ3) is 3.82.